The SMILES string of the molecule is C[C@@H](OC(=O)CCC(=O)c1ccccc1)C(=O)Nc1cc(Cl)ccc1Cl. The quantitative estimate of drug-likeness (QED) is 0.553. The molecule has 0 aliphatic carbocycles. The number of carbonyl (C=O) groups excluding carboxylic acids is 3. The van der Waals surface area contributed by atoms with Crippen LogP contribution in [0.3, 0.4) is 0 Å². The van der Waals surface area contributed by atoms with Gasteiger partial charge in [0.2, 0.25) is 0 Å². The van der Waals surface area contributed by atoms with Crippen molar-refractivity contribution in [1.82, 2.24) is 0 Å². The first-order valence-electron chi connectivity index (χ1n) is 7.90. The van der Waals surface area contributed by atoms with E-state index in [-0.39, 0.29) is 18.6 Å². The normalized spacial score (nSPS) is 11.5. The summed E-state index contributed by atoms with van der Waals surface area (Å²) >= 11 is 11.8. The van der Waals surface area contributed by atoms with E-state index in [2.05, 4.69) is 5.32 Å². The molecule has 26 heavy (non-hydrogen) atoms. The molecule has 0 aliphatic heterocycles. The molecule has 7 heteroatoms. The minimum atomic E-state index is -1.04. The number of ether oxygens (including phenoxy) is 1. The maximum atomic E-state index is 12.1. The van der Waals surface area contributed by atoms with Crippen molar-refractivity contribution in [3.05, 3.63) is 64.1 Å². The van der Waals surface area contributed by atoms with E-state index in [9.17, 15) is 14.4 Å². The van der Waals surface area contributed by atoms with Gasteiger partial charge in [0.1, 0.15) is 0 Å². The summed E-state index contributed by atoms with van der Waals surface area (Å²) in [7, 11) is 0. The third-order valence-corrected chi connectivity index (χ3v) is 4.08. The number of amides is 1. The Bertz CT molecular complexity index is 808. The maximum Gasteiger partial charge on any atom is 0.307 e. The Morgan fingerprint density at radius 2 is 1.73 bits per heavy atom. The fraction of sp³-hybridized carbons (Fsp3) is 0.211. The fourth-order valence-corrected chi connectivity index (χ4v) is 2.46. The summed E-state index contributed by atoms with van der Waals surface area (Å²) in [6.45, 7) is 1.44. The van der Waals surface area contributed by atoms with Gasteiger partial charge in [0, 0.05) is 17.0 Å². The molecular formula is C19H17Cl2NO4. The molecular weight excluding hydrogens is 377 g/mol. The number of hydrogen-bond acceptors (Lipinski definition) is 4. The Labute approximate surface area is 161 Å². The fourth-order valence-electron chi connectivity index (χ4n) is 2.12. The van der Waals surface area contributed by atoms with Crippen molar-refractivity contribution in [3.63, 3.8) is 0 Å². The molecule has 2 rings (SSSR count). The number of nitrogens with one attached hydrogen (secondary N) is 1. The summed E-state index contributed by atoms with van der Waals surface area (Å²) in [4.78, 5) is 35.9. The van der Waals surface area contributed by atoms with Crippen LogP contribution >= 0.6 is 23.2 Å². The number of halogens is 2. The Kier molecular flexibility index (Phi) is 7.18. The first-order valence-corrected chi connectivity index (χ1v) is 8.66. The number of carbonyl (C=O) groups is 3. The van der Waals surface area contributed by atoms with E-state index in [1.165, 1.54) is 13.0 Å². The van der Waals surface area contributed by atoms with Gasteiger partial charge in [-0.25, -0.2) is 0 Å². The smallest absolute Gasteiger partial charge is 0.307 e. The van der Waals surface area contributed by atoms with Crippen molar-refractivity contribution in [2.75, 3.05) is 5.32 Å². The highest BCUT2D eigenvalue weighted by molar-refractivity contribution is 6.35. The molecule has 1 amide bonds. The van der Waals surface area contributed by atoms with Gasteiger partial charge in [-0.15, -0.1) is 0 Å². The minimum Gasteiger partial charge on any atom is -0.453 e. The van der Waals surface area contributed by atoms with Crippen LogP contribution in [0.5, 0.6) is 0 Å². The second kappa shape index (κ2) is 9.36. The zero-order valence-electron chi connectivity index (χ0n) is 14.0. The Hall–Kier alpha value is -2.37. The number of rotatable bonds is 7. The molecule has 2 aromatic rings. The molecule has 136 valence electrons. The van der Waals surface area contributed by atoms with Gasteiger partial charge in [0.15, 0.2) is 11.9 Å². The first kappa shape index (κ1) is 19.9. The molecule has 0 radical (unpaired) electrons. The third kappa shape index (κ3) is 5.86. The van der Waals surface area contributed by atoms with Gasteiger partial charge in [0.05, 0.1) is 17.1 Å². The second-order valence-electron chi connectivity index (χ2n) is 5.53. The zero-order chi connectivity index (χ0) is 19.1. The van der Waals surface area contributed by atoms with Crippen LogP contribution in [-0.4, -0.2) is 23.8 Å². The van der Waals surface area contributed by atoms with Gasteiger partial charge in [-0.2, -0.15) is 0 Å². The molecule has 0 saturated heterocycles. The summed E-state index contributed by atoms with van der Waals surface area (Å²) in [6, 6.07) is 13.3. The lowest BCUT2D eigenvalue weighted by atomic mass is 10.1. The number of hydrogen-bond donors (Lipinski definition) is 1. The van der Waals surface area contributed by atoms with Gasteiger partial charge in [-0.3, -0.25) is 14.4 Å². The average molecular weight is 394 g/mol. The summed E-state index contributed by atoms with van der Waals surface area (Å²) in [5, 5.41) is 3.27. The molecule has 0 spiro atoms. The van der Waals surface area contributed by atoms with Crippen molar-refractivity contribution in [2.24, 2.45) is 0 Å². The predicted molar refractivity (Wildman–Crippen MR) is 101 cm³/mol. The van der Waals surface area contributed by atoms with Crippen LogP contribution in [0.1, 0.15) is 30.1 Å². The number of ketones is 1. The molecule has 0 aliphatic rings. The second-order valence-corrected chi connectivity index (χ2v) is 6.38. The molecule has 0 heterocycles. The molecule has 1 N–H and O–H groups in total. The summed E-state index contributed by atoms with van der Waals surface area (Å²) in [6.07, 6.45) is -1.13. The highest BCUT2D eigenvalue weighted by atomic mass is 35.5. The molecule has 0 fully saturated rings. The summed E-state index contributed by atoms with van der Waals surface area (Å²) in [5.74, 6) is -1.34. The van der Waals surface area contributed by atoms with E-state index in [4.69, 9.17) is 27.9 Å². The van der Waals surface area contributed by atoms with E-state index >= 15 is 0 Å². The molecule has 1 atom stereocenters. The number of benzene rings is 2. The monoisotopic (exact) mass is 393 g/mol. The van der Waals surface area contributed by atoms with Gasteiger partial charge in [-0.05, 0) is 25.1 Å². The van der Waals surface area contributed by atoms with Gasteiger partial charge in [0.25, 0.3) is 5.91 Å². The van der Waals surface area contributed by atoms with Gasteiger partial charge >= 0.3 is 5.97 Å². The lowest BCUT2D eigenvalue weighted by Crippen LogP contribution is -2.30. The number of esters is 1. The van der Waals surface area contributed by atoms with Crippen molar-refractivity contribution in [2.45, 2.75) is 25.9 Å². The molecule has 0 bridgehead atoms. The van der Waals surface area contributed by atoms with Crippen LogP contribution in [0.4, 0.5) is 5.69 Å². The van der Waals surface area contributed by atoms with Gasteiger partial charge in [-0.1, -0.05) is 53.5 Å². The molecule has 0 unspecified atom stereocenters. The van der Waals surface area contributed by atoms with E-state index in [0.717, 1.165) is 0 Å². The lowest BCUT2D eigenvalue weighted by molar-refractivity contribution is -0.153. The van der Waals surface area contributed by atoms with Crippen molar-refractivity contribution < 1.29 is 19.1 Å². The van der Waals surface area contributed by atoms with Crippen LogP contribution in [0.15, 0.2) is 48.5 Å². The largest absolute Gasteiger partial charge is 0.453 e. The number of Topliss-reactive ketones (excluding diaryl/α,β-unsaturated/α-hetero) is 1. The van der Waals surface area contributed by atoms with Crippen LogP contribution in [0.25, 0.3) is 0 Å². The van der Waals surface area contributed by atoms with Crippen molar-refractivity contribution in [3.8, 4) is 0 Å². The summed E-state index contributed by atoms with van der Waals surface area (Å²) in [5.41, 5.74) is 0.855. The number of anilines is 1. The molecule has 0 saturated carbocycles. The minimum absolute atomic E-state index is 0.0112. The topological polar surface area (TPSA) is 72.5 Å². The highest BCUT2D eigenvalue weighted by Crippen LogP contribution is 2.25. The van der Waals surface area contributed by atoms with E-state index in [1.807, 2.05) is 0 Å². The van der Waals surface area contributed by atoms with Gasteiger partial charge < -0.3 is 10.1 Å². The highest BCUT2D eigenvalue weighted by Gasteiger charge is 2.19. The standard InChI is InChI=1S/C19H17Cl2NO4/c1-12(19(25)22-16-11-14(20)7-8-15(16)21)26-18(24)10-9-17(23)13-5-3-2-4-6-13/h2-8,11-12H,9-10H2,1H3,(H,22,25)/t12-/m1/s1. The van der Waals surface area contributed by atoms with Crippen LogP contribution in [0, 0.1) is 0 Å². The lowest BCUT2D eigenvalue weighted by Gasteiger charge is -2.14. The van der Waals surface area contributed by atoms with E-state index < -0.39 is 18.0 Å². The van der Waals surface area contributed by atoms with Crippen LogP contribution in [0.2, 0.25) is 10.0 Å². The third-order valence-electron chi connectivity index (χ3n) is 3.52. The first-order chi connectivity index (χ1) is 12.4. The Morgan fingerprint density at radius 3 is 2.42 bits per heavy atom. The van der Waals surface area contributed by atoms with E-state index in [0.29, 0.717) is 21.3 Å². The Balaban J connectivity index is 1.83. The van der Waals surface area contributed by atoms with Crippen LogP contribution in [-0.2, 0) is 14.3 Å². The van der Waals surface area contributed by atoms with Crippen molar-refractivity contribution in [1.29, 1.82) is 0 Å². The zero-order valence-corrected chi connectivity index (χ0v) is 15.5. The molecule has 5 nitrogen and oxygen atoms in total. The van der Waals surface area contributed by atoms with Crippen molar-refractivity contribution >= 4 is 46.5 Å². The molecule has 2 aromatic carbocycles. The Morgan fingerprint density at radius 1 is 1.04 bits per heavy atom. The maximum absolute atomic E-state index is 12.1. The average Bonchev–Trinajstić information content (AvgIpc) is 2.63. The summed E-state index contributed by atoms with van der Waals surface area (Å²) < 4.78 is 5.06. The predicted octanol–water partition coefficient (Wildman–Crippen LogP) is 4.53. The van der Waals surface area contributed by atoms with Crippen LogP contribution < -0.4 is 5.32 Å². The van der Waals surface area contributed by atoms with E-state index in [1.54, 1.807) is 42.5 Å². The molecule has 0 aromatic heterocycles.